The van der Waals surface area contributed by atoms with Crippen LogP contribution < -0.4 is 5.14 Å². The molecule has 0 aromatic rings. The third-order valence-electron chi connectivity index (χ3n) is 10.1. The van der Waals surface area contributed by atoms with Gasteiger partial charge in [-0.2, -0.15) is 0 Å². The second-order valence-electron chi connectivity index (χ2n) is 15.5. The lowest BCUT2D eigenvalue weighted by Crippen LogP contribution is -2.47. The van der Waals surface area contributed by atoms with E-state index in [1.54, 1.807) is 4.90 Å². The number of carbonyl (C=O) groups excluding carboxylic acids is 2. The van der Waals surface area contributed by atoms with Gasteiger partial charge in [-0.05, 0) is 64.2 Å². The summed E-state index contributed by atoms with van der Waals surface area (Å²) in [5.74, 6) is -1.20. The zero-order chi connectivity index (χ0) is 42.1. The number of hydrogen-bond acceptors (Lipinski definition) is 10. The van der Waals surface area contributed by atoms with Gasteiger partial charge in [0.1, 0.15) is 12.7 Å². The second kappa shape index (κ2) is 40.9. The Labute approximate surface area is 349 Å². The van der Waals surface area contributed by atoms with E-state index in [-0.39, 0.29) is 52.3 Å². The van der Waals surface area contributed by atoms with Crippen LogP contribution in [-0.4, -0.2) is 93.1 Å². The Balaban J connectivity index is 4.72. The SMILES string of the molecule is CCCCCCCC/C=C\CCCCCCCC(=O)OCC(OCCN(CCO)CCO)C(OC(=O)CCCCCCC/C=C\CCCCCCCC)S(N)(=O)=O. The van der Waals surface area contributed by atoms with Crippen LogP contribution in [0.25, 0.3) is 0 Å². The Hall–Kier alpha value is -1.83. The summed E-state index contributed by atoms with van der Waals surface area (Å²) in [6.07, 6.45) is 37.4. The summed E-state index contributed by atoms with van der Waals surface area (Å²) in [7, 11) is -4.45. The minimum absolute atomic E-state index is 0.0335. The van der Waals surface area contributed by atoms with Gasteiger partial charge in [-0.3, -0.25) is 14.5 Å². The highest BCUT2D eigenvalue weighted by Crippen LogP contribution is 2.16. The van der Waals surface area contributed by atoms with Crippen molar-refractivity contribution in [3.63, 3.8) is 0 Å². The molecule has 0 aliphatic heterocycles. The fourth-order valence-electron chi connectivity index (χ4n) is 6.63. The predicted molar refractivity (Wildman–Crippen MR) is 233 cm³/mol. The van der Waals surface area contributed by atoms with Gasteiger partial charge in [0.05, 0.1) is 19.8 Å². The molecule has 0 fully saturated rings. The molecule has 57 heavy (non-hydrogen) atoms. The lowest BCUT2D eigenvalue weighted by Gasteiger charge is -2.27. The molecule has 0 amide bonds. The smallest absolute Gasteiger partial charge is 0.307 e. The first-order chi connectivity index (χ1) is 27.7. The summed E-state index contributed by atoms with van der Waals surface area (Å²) in [4.78, 5) is 27.2. The first kappa shape index (κ1) is 55.2. The minimum atomic E-state index is -4.45. The van der Waals surface area contributed by atoms with Crippen LogP contribution in [0.2, 0.25) is 0 Å². The topological polar surface area (TPSA) is 166 Å². The molecule has 0 saturated heterocycles. The van der Waals surface area contributed by atoms with Crippen LogP contribution in [0.15, 0.2) is 24.3 Å². The number of aliphatic hydroxyl groups excluding tert-OH is 2. The summed E-state index contributed by atoms with van der Waals surface area (Å²) in [6.45, 7) is 4.53. The van der Waals surface area contributed by atoms with E-state index in [2.05, 4.69) is 38.2 Å². The maximum Gasteiger partial charge on any atom is 0.307 e. The van der Waals surface area contributed by atoms with Gasteiger partial charge in [0, 0.05) is 32.5 Å². The first-order valence-electron chi connectivity index (χ1n) is 22.9. The summed E-state index contributed by atoms with van der Waals surface area (Å²) in [5, 5.41) is 24.2. The molecule has 0 saturated carbocycles. The van der Waals surface area contributed by atoms with Gasteiger partial charge in [-0.1, -0.05) is 141 Å². The monoisotopic (exact) mass is 831 g/mol. The molecule has 0 aliphatic rings. The molecule has 0 bridgehead atoms. The van der Waals surface area contributed by atoms with E-state index in [4.69, 9.17) is 19.3 Å². The van der Waals surface area contributed by atoms with E-state index >= 15 is 0 Å². The molecule has 4 N–H and O–H groups in total. The zero-order valence-corrected chi connectivity index (χ0v) is 37.2. The Morgan fingerprint density at radius 3 is 1.37 bits per heavy atom. The zero-order valence-electron chi connectivity index (χ0n) is 36.4. The molecule has 336 valence electrons. The maximum atomic E-state index is 12.8. The third kappa shape index (κ3) is 36.9. The first-order valence-corrected chi connectivity index (χ1v) is 24.5. The molecule has 2 unspecified atom stereocenters. The number of sulfonamides is 1. The van der Waals surface area contributed by atoms with E-state index in [1.807, 2.05) is 0 Å². The van der Waals surface area contributed by atoms with E-state index < -0.39 is 40.1 Å². The van der Waals surface area contributed by atoms with Crippen LogP contribution in [0.5, 0.6) is 0 Å². The van der Waals surface area contributed by atoms with Crippen molar-refractivity contribution in [2.75, 3.05) is 46.1 Å². The summed E-state index contributed by atoms with van der Waals surface area (Å²) in [6, 6.07) is 0. The van der Waals surface area contributed by atoms with Gasteiger partial charge in [0.15, 0.2) is 0 Å². The number of esters is 2. The number of hydrogen-bond donors (Lipinski definition) is 3. The predicted octanol–water partition coefficient (Wildman–Crippen LogP) is 9.43. The highest BCUT2D eigenvalue weighted by molar-refractivity contribution is 7.89. The average Bonchev–Trinajstić information content (AvgIpc) is 3.18. The van der Waals surface area contributed by atoms with Crippen molar-refractivity contribution in [2.24, 2.45) is 5.14 Å². The quantitative estimate of drug-likeness (QED) is 0.0306. The Bertz CT molecular complexity index is 1080. The van der Waals surface area contributed by atoms with Crippen molar-refractivity contribution in [3.05, 3.63) is 24.3 Å². The molecular formula is C45H86N2O9S. The number of primary sulfonamides is 1. The van der Waals surface area contributed by atoms with Gasteiger partial charge in [-0.25, -0.2) is 13.6 Å². The largest absolute Gasteiger partial charge is 0.463 e. The number of allylic oxidation sites excluding steroid dienone is 4. The Kier molecular flexibility index (Phi) is 39.6. The Morgan fingerprint density at radius 2 is 0.965 bits per heavy atom. The van der Waals surface area contributed by atoms with Crippen molar-refractivity contribution in [2.45, 2.75) is 205 Å². The van der Waals surface area contributed by atoms with Crippen molar-refractivity contribution in [3.8, 4) is 0 Å². The molecule has 2 atom stereocenters. The summed E-state index contributed by atoms with van der Waals surface area (Å²) in [5.41, 5.74) is -1.86. The number of unbranched alkanes of at least 4 members (excludes halogenated alkanes) is 22. The average molecular weight is 831 g/mol. The maximum absolute atomic E-state index is 12.8. The second-order valence-corrected chi connectivity index (χ2v) is 17.1. The lowest BCUT2D eigenvalue weighted by atomic mass is 10.1. The molecule has 0 rings (SSSR count). The van der Waals surface area contributed by atoms with E-state index in [1.165, 1.54) is 77.0 Å². The van der Waals surface area contributed by atoms with Crippen LogP contribution in [-0.2, 0) is 33.8 Å². The molecule has 0 aromatic carbocycles. The van der Waals surface area contributed by atoms with Crippen LogP contribution in [0.4, 0.5) is 0 Å². The summed E-state index contributed by atoms with van der Waals surface area (Å²) >= 11 is 0. The fraction of sp³-hybridized carbons (Fsp3) is 0.867. The van der Waals surface area contributed by atoms with E-state index in [0.29, 0.717) is 12.8 Å². The highest BCUT2D eigenvalue weighted by Gasteiger charge is 2.36. The van der Waals surface area contributed by atoms with E-state index in [0.717, 1.165) is 77.0 Å². The number of nitrogens with two attached hydrogens (primary N) is 1. The highest BCUT2D eigenvalue weighted by atomic mass is 32.2. The molecule has 0 heterocycles. The number of ether oxygens (including phenoxy) is 3. The molecule has 11 nitrogen and oxygen atoms in total. The Morgan fingerprint density at radius 1 is 0.579 bits per heavy atom. The van der Waals surface area contributed by atoms with Gasteiger partial charge < -0.3 is 24.4 Å². The number of nitrogens with zero attached hydrogens (tertiary/aromatic N) is 1. The standard InChI is InChI=1S/C45H86N2O9S/c1-3-5-7-9-11-13-15-17-19-21-23-25-27-29-31-33-43(50)55-41-42(54-40-37-47(35-38-48)36-39-49)45(57(46,52)53)56-44(51)34-32-30-28-26-24-22-20-18-16-14-12-10-8-6-4-2/h17-20,42,45,48-49H,3-16,21-41H2,1-2H3,(H2,46,52,53)/b19-17-,20-18-. The van der Waals surface area contributed by atoms with Crippen molar-refractivity contribution in [1.82, 2.24) is 4.90 Å². The molecule has 0 radical (unpaired) electrons. The minimum Gasteiger partial charge on any atom is -0.463 e. The van der Waals surface area contributed by atoms with Crippen molar-refractivity contribution in [1.29, 1.82) is 0 Å². The number of rotatable bonds is 43. The van der Waals surface area contributed by atoms with Crippen LogP contribution in [0, 0.1) is 0 Å². The third-order valence-corrected chi connectivity index (χ3v) is 11.2. The van der Waals surface area contributed by atoms with Gasteiger partial charge in [-0.15, -0.1) is 0 Å². The van der Waals surface area contributed by atoms with Crippen LogP contribution >= 0.6 is 0 Å². The van der Waals surface area contributed by atoms with Gasteiger partial charge in [0.2, 0.25) is 15.5 Å². The van der Waals surface area contributed by atoms with E-state index in [9.17, 15) is 28.2 Å². The molecule has 0 spiro atoms. The summed E-state index contributed by atoms with van der Waals surface area (Å²) < 4.78 is 42.1. The molecular weight excluding hydrogens is 745 g/mol. The fourth-order valence-corrected chi connectivity index (χ4v) is 7.45. The van der Waals surface area contributed by atoms with Crippen LogP contribution in [0.3, 0.4) is 0 Å². The van der Waals surface area contributed by atoms with Gasteiger partial charge in [0.25, 0.3) is 0 Å². The molecule has 0 aromatic heterocycles. The number of aliphatic hydroxyl groups is 2. The van der Waals surface area contributed by atoms with Gasteiger partial charge >= 0.3 is 11.9 Å². The molecule has 0 aliphatic carbocycles. The molecule has 12 heteroatoms. The van der Waals surface area contributed by atoms with Crippen LogP contribution in [0.1, 0.15) is 194 Å². The number of carbonyl (C=O) groups is 2. The van der Waals surface area contributed by atoms with Crippen molar-refractivity contribution >= 4 is 22.0 Å². The normalized spacial score (nSPS) is 13.2. The van der Waals surface area contributed by atoms with Crippen molar-refractivity contribution < 1.29 is 42.4 Å². The lowest BCUT2D eigenvalue weighted by molar-refractivity contribution is -0.159.